The number of aromatic nitrogens is 1. The predicted octanol–water partition coefficient (Wildman–Crippen LogP) is 5.05. The van der Waals surface area contributed by atoms with Gasteiger partial charge in [0.15, 0.2) is 0 Å². The molecule has 0 radical (unpaired) electrons. The Morgan fingerprint density at radius 3 is 2.58 bits per heavy atom. The van der Waals surface area contributed by atoms with Crippen molar-refractivity contribution in [2.45, 2.75) is 79.7 Å². The highest BCUT2D eigenvalue weighted by atomic mass is 35.5. The molecule has 3 unspecified atom stereocenters. The fourth-order valence-electron chi connectivity index (χ4n) is 6.13. The lowest BCUT2D eigenvalue weighted by molar-refractivity contribution is -0.141. The fourth-order valence-corrected chi connectivity index (χ4v) is 7.49. The summed E-state index contributed by atoms with van der Waals surface area (Å²) in [5.41, 5.74) is 15.2. The van der Waals surface area contributed by atoms with Crippen LogP contribution in [0.5, 0.6) is 0 Å². The van der Waals surface area contributed by atoms with Crippen LogP contribution in [0.1, 0.15) is 48.8 Å². The molecular formula is C36H45ClFN7O2S. The maximum absolute atomic E-state index is 14.6. The number of H-pyrrole nitrogens is 1. The van der Waals surface area contributed by atoms with E-state index in [1.54, 1.807) is 24.1 Å². The number of fused-ring (bicyclic) bond motifs is 3. The Kier molecular flexibility index (Phi) is 12.9. The molecule has 1 aliphatic rings. The van der Waals surface area contributed by atoms with Crippen LogP contribution in [0.15, 0.2) is 76.7 Å². The normalized spacial score (nSPS) is 19.6. The molecule has 0 saturated heterocycles. The van der Waals surface area contributed by atoms with Gasteiger partial charge in [-0.3, -0.25) is 20.2 Å². The molecule has 48 heavy (non-hydrogen) atoms. The molecule has 256 valence electrons. The van der Waals surface area contributed by atoms with Gasteiger partial charge in [0, 0.05) is 53.4 Å². The fraction of sp³-hybridized carbons (Fsp3) is 0.389. The summed E-state index contributed by atoms with van der Waals surface area (Å²) in [4.78, 5) is 35.1. The Morgan fingerprint density at radius 2 is 1.77 bits per heavy atom. The minimum Gasteiger partial charge on any atom is -0.361 e. The largest absolute Gasteiger partial charge is 0.361 e. The summed E-state index contributed by atoms with van der Waals surface area (Å²) in [5.74, 6) is -0.814. The Balaban J connectivity index is 1.56. The molecule has 2 amide bonds. The van der Waals surface area contributed by atoms with E-state index in [0.29, 0.717) is 50.3 Å². The minimum absolute atomic E-state index is 0.191. The van der Waals surface area contributed by atoms with E-state index in [1.807, 2.05) is 42.6 Å². The van der Waals surface area contributed by atoms with E-state index in [-0.39, 0.29) is 30.3 Å². The van der Waals surface area contributed by atoms with Gasteiger partial charge in [0.05, 0.1) is 17.2 Å². The molecule has 0 fully saturated rings. The van der Waals surface area contributed by atoms with Crippen molar-refractivity contribution in [3.8, 4) is 0 Å². The lowest BCUT2D eigenvalue weighted by Gasteiger charge is -2.33. The number of halogens is 2. The third-order valence-electron chi connectivity index (χ3n) is 8.83. The lowest BCUT2D eigenvalue weighted by atomic mass is 10.0. The number of unbranched alkanes of at least 4 members (excludes halogenated alkanes) is 1. The van der Waals surface area contributed by atoms with Crippen LogP contribution in [-0.2, 0) is 29.1 Å². The van der Waals surface area contributed by atoms with E-state index < -0.39 is 12.1 Å². The smallest absolute Gasteiger partial charge is 0.243 e. The monoisotopic (exact) mass is 693 g/mol. The Hall–Kier alpha value is -3.45. The number of carbonyl (C=O) groups excluding carboxylic acids is 2. The van der Waals surface area contributed by atoms with Gasteiger partial charge in [-0.05, 0) is 85.8 Å². The number of rotatable bonds is 9. The molecule has 0 spiro atoms. The Labute approximate surface area is 290 Å². The zero-order valence-electron chi connectivity index (χ0n) is 27.2. The van der Waals surface area contributed by atoms with E-state index >= 15 is 0 Å². The number of carbonyl (C=O) groups is 2. The first kappa shape index (κ1) is 35.8. The zero-order valence-corrected chi connectivity index (χ0v) is 28.8. The van der Waals surface area contributed by atoms with Gasteiger partial charge in [-0.1, -0.05) is 60.1 Å². The number of nitrogens with one attached hydrogen (secondary N) is 4. The van der Waals surface area contributed by atoms with Crippen molar-refractivity contribution in [3.05, 3.63) is 94.4 Å². The molecule has 0 saturated carbocycles. The van der Waals surface area contributed by atoms with Crippen LogP contribution in [0.4, 0.5) is 4.39 Å². The van der Waals surface area contributed by atoms with Gasteiger partial charge in [-0.15, -0.1) is 0 Å². The van der Waals surface area contributed by atoms with Crippen molar-refractivity contribution in [1.29, 1.82) is 0 Å². The van der Waals surface area contributed by atoms with Crippen molar-refractivity contribution in [2.75, 3.05) is 20.1 Å². The highest BCUT2D eigenvalue weighted by Crippen LogP contribution is 2.38. The van der Waals surface area contributed by atoms with E-state index in [9.17, 15) is 14.0 Å². The van der Waals surface area contributed by atoms with Crippen molar-refractivity contribution in [2.24, 2.45) is 11.5 Å². The topological polar surface area (TPSA) is 141 Å². The first-order chi connectivity index (χ1) is 23.3. The Bertz CT molecular complexity index is 1700. The molecule has 2 heterocycles. The first-order valence-electron chi connectivity index (χ1n) is 16.5. The van der Waals surface area contributed by atoms with E-state index in [4.69, 9.17) is 23.1 Å². The van der Waals surface area contributed by atoms with Gasteiger partial charge < -0.3 is 26.7 Å². The predicted molar refractivity (Wildman–Crippen MR) is 191 cm³/mol. The number of para-hydroxylation sites is 1. The summed E-state index contributed by atoms with van der Waals surface area (Å²) in [6.07, 6.45) is 5.31. The summed E-state index contributed by atoms with van der Waals surface area (Å²) in [6.45, 7) is 1.54. The average Bonchev–Trinajstić information content (AvgIpc) is 3.50. The first-order valence-corrected chi connectivity index (χ1v) is 17.7. The van der Waals surface area contributed by atoms with Crippen molar-refractivity contribution in [3.63, 3.8) is 0 Å². The van der Waals surface area contributed by atoms with E-state index in [1.165, 1.54) is 23.9 Å². The van der Waals surface area contributed by atoms with Gasteiger partial charge in [-0.25, -0.2) is 4.39 Å². The molecule has 8 N–H and O–H groups in total. The number of likely N-dealkylation sites (N-methyl/N-ethyl adjacent to an activating group) is 1. The molecule has 0 aliphatic carbocycles. The second-order valence-corrected chi connectivity index (χ2v) is 13.7. The maximum atomic E-state index is 14.6. The number of aromatic amines is 1. The molecule has 4 aromatic rings. The minimum atomic E-state index is -0.794. The third-order valence-corrected chi connectivity index (χ3v) is 10.6. The molecule has 0 bridgehead atoms. The molecule has 3 atom stereocenters. The average molecular weight is 694 g/mol. The van der Waals surface area contributed by atoms with Gasteiger partial charge in [-0.2, -0.15) is 0 Å². The van der Waals surface area contributed by atoms with Crippen LogP contribution >= 0.6 is 23.4 Å². The van der Waals surface area contributed by atoms with Crippen LogP contribution in [0.3, 0.4) is 0 Å². The van der Waals surface area contributed by atoms with E-state index in [2.05, 4.69) is 20.9 Å². The molecule has 1 aromatic heterocycles. The number of hydrogen-bond acceptors (Lipinski definition) is 7. The lowest BCUT2D eigenvalue weighted by Crippen LogP contribution is -2.57. The van der Waals surface area contributed by atoms with Crippen LogP contribution < -0.4 is 27.4 Å². The van der Waals surface area contributed by atoms with Crippen LogP contribution in [0.2, 0.25) is 5.02 Å². The summed E-state index contributed by atoms with van der Waals surface area (Å²) in [7, 11) is 1.70. The van der Waals surface area contributed by atoms with Gasteiger partial charge >= 0.3 is 0 Å². The Morgan fingerprint density at radius 1 is 0.958 bits per heavy atom. The third kappa shape index (κ3) is 8.96. The molecule has 5 rings (SSSR count). The molecule has 12 heteroatoms. The quantitative estimate of drug-likeness (QED) is 0.135. The van der Waals surface area contributed by atoms with Gasteiger partial charge in [0.25, 0.3) is 0 Å². The highest BCUT2D eigenvalue weighted by Gasteiger charge is 2.33. The SMILES string of the molecule is CN1C(=O)C(CCCCN)NC(CCCN)NCc2cc(F)ccc2Sc2c(Cl)cccc2CNC(=O)C1Cc1c[nH]c2ccccc12. The van der Waals surface area contributed by atoms with Crippen LogP contribution in [0, 0.1) is 5.82 Å². The number of nitrogens with two attached hydrogens (primary N) is 2. The number of benzene rings is 3. The summed E-state index contributed by atoms with van der Waals surface area (Å²) < 4.78 is 14.6. The van der Waals surface area contributed by atoms with Crippen molar-refractivity contribution >= 4 is 46.1 Å². The molecular weight excluding hydrogens is 649 g/mol. The number of nitrogens with zero attached hydrogens (tertiary/aromatic N) is 1. The summed E-state index contributed by atoms with van der Waals surface area (Å²) in [5, 5.41) is 11.7. The van der Waals surface area contributed by atoms with Gasteiger partial charge in [0.1, 0.15) is 11.9 Å². The van der Waals surface area contributed by atoms with Crippen molar-refractivity contribution < 1.29 is 14.0 Å². The number of hydrogen-bond donors (Lipinski definition) is 6. The number of amides is 2. The standard InChI is InChI=1S/C36H45ClFN7O2S/c1-45-31(19-24-21-41-29-11-3-2-9-27(24)29)35(46)43-20-23-8-6-10-28(37)34(23)48-32-15-14-26(38)18-25(32)22-42-33(13-7-17-40)44-30(36(45)47)12-4-5-16-39/h2-3,6,8-11,14-15,18,21,30-31,33,41-42,44H,4-5,7,12-13,16-17,19-20,22,39-40H2,1H3,(H,43,46). The molecule has 3 aromatic carbocycles. The maximum Gasteiger partial charge on any atom is 0.243 e. The highest BCUT2D eigenvalue weighted by molar-refractivity contribution is 7.99. The van der Waals surface area contributed by atoms with Crippen molar-refractivity contribution in [1.82, 2.24) is 25.8 Å². The zero-order chi connectivity index (χ0) is 34.0. The second-order valence-electron chi connectivity index (χ2n) is 12.2. The van der Waals surface area contributed by atoms with Gasteiger partial charge in [0.2, 0.25) is 11.8 Å². The summed E-state index contributed by atoms with van der Waals surface area (Å²) in [6, 6.07) is 16.8. The van der Waals surface area contributed by atoms with Crippen LogP contribution in [0.25, 0.3) is 10.9 Å². The van der Waals surface area contributed by atoms with E-state index in [0.717, 1.165) is 50.2 Å². The van der Waals surface area contributed by atoms with Crippen LogP contribution in [-0.4, -0.2) is 60.1 Å². The molecule has 9 nitrogen and oxygen atoms in total. The molecule has 1 aliphatic heterocycles. The summed E-state index contributed by atoms with van der Waals surface area (Å²) >= 11 is 8.18. The second kappa shape index (κ2) is 17.3.